The molecule has 0 saturated carbocycles. The molecular formula is C27H24O2. The molecule has 0 saturated heterocycles. The Bertz CT molecular complexity index is 887. The van der Waals surface area contributed by atoms with Crippen LogP contribution in [0.2, 0.25) is 0 Å². The van der Waals surface area contributed by atoms with Crippen molar-refractivity contribution in [1.82, 2.24) is 0 Å². The van der Waals surface area contributed by atoms with Crippen molar-refractivity contribution in [2.75, 3.05) is 13.2 Å². The topological polar surface area (TPSA) is 18.5 Å². The molecule has 2 heteroatoms. The minimum Gasteiger partial charge on any atom is -0.491 e. The van der Waals surface area contributed by atoms with E-state index in [-0.39, 0.29) is 0 Å². The van der Waals surface area contributed by atoms with Gasteiger partial charge in [-0.25, -0.2) is 0 Å². The summed E-state index contributed by atoms with van der Waals surface area (Å²) in [5.74, 6) is 0.848. The van der Waals surface area contributed by atoms with Crippen LogP contribution in [0.3, 0.4) is 0 Å². The molecule has 0 aliphatic heterocycles. The molecule has 0 atom stereocenters. The normalized spacial score (nSPS) is 11.2. The Morgan fingerprint density at radius 2 is 0.828 bits per heavy atom. The molecule has 2 nitrogen and oxygen atoms in total. The SMILES string of the molecule is c1ccc(OCCOC(c2ccccc2)(c2ccccc2)c2ccccc2)cc1. The van der Waals surface area contributed by atoms with E-state index in [4.69, 9.17) is 9.47 Å². The van der Waals surface area contributed by atoms with Gasteiger partial charge in [0, 0.05) is 0 Å². The number of hydrogen-bond donors (Lipinski definition) is 0. The summed E-state index contributed by atoms with van der Waals surface area (Å²) in [6.45, 7) is 0.922. The van der Waals surface area contributed by atoms with Crippen LogP contribution in [-0.4, -0.2) is 13.2 Å². The summed E-state index contributed by atoms with van der Waals surface area (Å²) in [7, 11) is 0. The van der Waals surface area contributed by atoms with Gasteiger partial charge in [-0.05, 0) is 28.8 Å². The van der Waals surface area contributed by atoms with Gasteiger partial charge in [-0.15, -0.1) is 0 Å². The zero-order chi connectivity index (χ0) is 19.8. The Balaban J connectivity index is 1.70. The fourth-order valence-electron chi connectivity index (χ4n) is 3.64. The van der Waals surface area contributed by atoms with Crippen LogP contribution in [-0.2, 0) is 10.3 Å². The summed E-state index contributed by atoms with van der Waals surface area (Å²) in [5, 5.41) is 0. The summed E-state index contributed by atoms with van der Waals surface area (Å²) in [6.07, 6.45) is 0. The highest BCUT2D eigenvalue weighted by atomic mass is 16.5. The van der Waals surface area contributed by atoms with Gasteiger partial charge in [0.15, 0.2) is 0 Å². The van der Waals surface area contributed by atoms with Crippen LogP contribution in [0.15, 0.2) is 121 Å². The number of hydrogen-bond acceptors (Lipinski definition) is 2. The molecule has 0 spiro atoms. The summed E-state index contributed by atoms with van der Waals surface area (Å²) < 4.78 is 12.6. The minimum absolute atomic E-state index is 0.452. The van der Waals surface area contributed by atoms with Gasteiger partial charge in [-0.3, -0.25) is 0 Å². The quantitative estimate of drug-likeness (QED) is 0.273. The maximum absolute atomic E-state index is 6.68. The minimum atomic E-state index is -0.705. The lowest BCUT2D eigenvalue weighted by Crippen LogP contribution is -2.34. The second-order valence-electron chi connectivity index (χ2n) is 6.79. The predicted molar refractivity (Wildman–Crippen MR) is 117 cm³/mol. The highest BCUT2D eigenvalue weighted by Crippen LogP contribution is 2.40. The van der Waals surface area contributed by atoms with Crippen LogP contribution in [0.25, 0.3) is 0 Å². The smallest absolute Gasteiger partial charge is 0.143 e. The van der Waals surface area contributed by atoms with Crippen LogP contribution >= 0.6 is 0 Å². The van der Waals surface area contributed by atoms with E-state index in [2.05, 4.69) is 72.8 Å². The molecule has 0 radical (unpaired) electrons. The summed E-state index contributed by atoms with van der Waals surface area (Å²) >= 11 is 0. The Hall–Kier alpha value is -3.36. The van der Waals surface area contributed by atoms with E-state index in [0.717, 1.165) is 22.4 Å². The van der Waals surface area contributed by atoms with Gasteiger partial charge < -0.3 is 9.47 Å². The van der Waals surface area contributed by atoms with Crippen molar-refractivity contribution >= 4 is 0 Å². The molecule has 0 unspecified atom stereocenters. The molecule has 4 rings (SSSR count). The van der Waals surface area contributed by atoms with E-state index < -0.39 is 5.60 Å². The largest absolute Gasteiger partial charge is 0.491 e. The zero-order valence-electron chi connectivity index (χ0n) is 16.3. The number of ether oxygens (including phenoxy) is 2. The predicted octanol–water partition coefficient (Wildman–Crippen LogP) is 6.07. The van der Waals surface area contributed by atoms with E-state index in [9.17, 15) is 0 Å². The van der Waals surface area contributed by atoms with Crippen molar-refractivity contribution in [3.8, 4) is 5.75 Å². The maximum Gasteiger partial charge on any atom is 0.143 e. The summed E-state index contributed by atoms with van der Waals surface area (Å²) in [6, 6.07) is 41.0. The third-order valence-corrected chi connectivity index (χ3v) is 4.95. The Kier molecular flexibility index (Phi) is 6.04. The van der Waals surface area contributed by atoms with Gasteiger partial charge in [-0.2, -0.15) is 0 Å². The molecule has 4 aromatic rings. The average Bonchev–Trinajstić information content (AvgIpc) is 2.82. The standard InChI is InChI=1S/C27H24O2/c1-5-13-23(14-6-1)27(24-15-7-2-8-16-24,25-17-9-3-10-18-25)29-22-21-28-26-19-11-4-12-20-26/h1-20H,21-22H2. The van der Waals surface area contributed by atoms with Crippen LogP contribution in [0.5, 0.6) is 5.75 Å². The zero-order valence-corrected chi connectivity index (χ0v) is 16.3. The van der Waals surface area contributed by atoms with Gasteiger partial charge in [-0.1, -0.05) is 109 Å². The van der Waals surface area contributed by atoms with E-state index in [1.807, 2.05) is 48.5 Å². The van der Waals surface area contributed by atoms with Crippen molar-refractivity contribution in [2.24, 2.45) is 0 Å². The number of benzene rings is 4. The first kappa shape index (κ1) is 19.0. The average molecular weight is 380 g/mol. The highest BCUT2D eigenvalue weighted by Gasteiger charge is 2.37. The van der Waals surface area contributed by atoms with Gasteiger partial charge in [0.05, 0.1) is 6.61 Å². The lowest BCUT2D eigenvalue weighted by molar-refractivity contribution is -0.00240. The second-order valence-corrected chi connectivity index (χ2v) is 6.79. The van der Waals surface area contributed by atoms with Crippen LogP contribution < -0.4 is 4.74 Å². The molecular weight excluding hydrogens is 356 g/mol. The molecule has 0 fully saturated rings. The fourth-order valence-corrected chi connectivity index (χ4v) is 3.64. The Morgan fingerprint density at radius 1 is 0.448 bits per heavy atom. The molecule has 0 amide bonds. The van der Waals surface area contributed by atoms with Crippen molar-refractivity contribution in [3.05, 3.63) is 138 Å². The van der Waals surface area contributed by atoms with Gasteiger partial charge in [0.1, 0.15) is 18.0 Å². The van der Waals surface area contributed by atoms with Crippen molar-refractivity contribution in [3.63, 3.8) is 0 Å². The summed E-state index contributed by atoms with van der Waals surface area (Å²) in [4.78, 5) is 0. The fraction of sp³-hybridized carbons (Fsp3) is 0.111. The molecule has 0 aliphatic carbocycles. The van der Waals surface area contributed by atoms with Crippen molar-refractivity contribution in [1.29, 1.82) is 0 Å². The second kappa shape index (κ2) is 9.22. The third-order valence-electron chi connectivity index (χ3n) is 4.95. The lowest BCUT2D eigenvalue weighted by atomic mass is 9.80. The maximum atomic E-state index is 6.68. The number of para-hydroxylation sites is 1. The van der Waals surface area contributed by atoms with Crippen LogP contribution in [0.4, 0.5) is 0 Å². The van der Waals surface area contributed by atoms with Crippen LogP contribution in [0.1, 0.15) is 16.7 Å². The van der Waals surface area contributed by atoms with Gasteiger partial charge in [0.25, 0.3) is 0 Å². The first-order chi connectivity index (χ1) is 14.4. The molecule has 0 heterocycles. The molecule has 29 heavy (non-hydrogen) atoms. The monoisotopic (exact) mass is 380 g/mol. The van der Waals surface area contributed by atoms with Crippen LogP contribution in [0, 0.1) is 0 Å². The van der Waals surface area contributed by atoms with E-state index >= 15 is 0 Å². The Morgan fingerprint density at radius 3 is 1.24 bits per heavy atom. The molecule has 4 aromatic carbocycles. The van der Waals surface area contributed by atoms with Crippen molar-refractivity contribution in [2.45, 2.75) is 5.60 Å². The summed E-state index contributed by atoms with van der Waals surface area (Å²) in [5.41, 5.74) is 2.58. The molecule has 144 valence electrons. The van der Waals surface area contributed by atoms with Crippen molar-refractivity contribution < 1.29 is 9.47 Å². The third kappa shape index (κ3) is 4.23. The first-order valence-corrected chi connectivity index (χ1v) is 9.88. The molecule has 0 N–H and O–H groups in total. The van der Waals surface area contributed by atoms with E-state index in [1.54, 1.807) is 0 Å². The van der Waals surface area contributed by atoms with Gasteiger partial charge >= 0.3 is 0 Å². The lowest BCUT2D eigenvalue weighted by Gasteiger charge is -2.36. The molecule has 0 aliphatic rings. The molecule has 0 bridgehead atoms. The first-order valence-electron chi connectivity index (χ1n) is 9.88. The van der Waals surface area contributed by atoms with E-state index in [1.165, 1.54) is 0 Å². The Labute approximate surface area is 172 Å². The van der Waals surface area contributed by atoms with E-state index in [0.29, 0.717) is 13.2 Å². The number of rotatable bonds is 8. The molecule has 0 aromatic heterocycles. The highest BCUT2D eigenvalue weighted by molar-refractivity contribution is 5.47. The van der Waals surface area contributed by atoms with Gasteiger partial charge in [0.2, 0.25) is 0 Å².